The number of amides is 3. The van der Waals surface area contributed by atoms with Crippen LogP contribution in [0.15, 0.2) is 55.1 Å². The Labute approximate surface area is 215 Å². The van der Waals surface area contributed by atoms with Gasteiger partial charge in [-0.25, -0.2) is 0 Å². The number of likely N-dealkylation sites (tertiary alicyclic amines) is 1. The molecule has 0 aromatic heterocycles. The number of carbonyl (C=O) groups is 3. The fourth-order valence-corrected chi connectivity index (χ4v) is 6.28. The van der Waals surface area contributed by atoms with Crippen LogP contribution in [0.4, 0.5) is 0 Å². The zero-order chi connectivity index (χ0) is 26.2. The lowest BCUT2D eigenvalue weighted by molar-refractivity contribution is -0.166. The van der Waals surface area contributed by atoms with Crippen LogP contribution in [-0.4, -0.2) is 73.2 Å². The second-order valence-corrected chi connectivity index (χ2v) is 10.8. The van der Waals surface area contributed by atoms with Crippen molar-refractivity contribution < 1.29 is 24.6 Å². The van der Waals surface area contributed by atoms with Gasteiger partial charge in [0.25, 0.3) is 11.8 Å². The van der Waals surface area contributed by atoms with Gasteiger partial charge in [0.05, 0.1) is 11.9 Å². The number of nitrogens with one attached hydrogen (secondary N) is 1. The number of carbonyl (C=O) groups excluding carboxylic acids is 3. The Hall–Kier alpha value is -3.30. The van der Waals surface area contributed by atoms with Crippen LogP contribution in [0.5, 0.6) is 5.75 Å². The molecule has 2 saturated heterocycles. The maximum Gasteiger partial charge on any atom is 0.255 e. The van der Waals surface area contributed by atoms with Crippen LogP contribution >= 0.6 is 11.8 Å². The van der Waals surface area contributed by atoms with Crippen molar-refractivity contribution in [3.63, 3.8) is 0 Å². The van der Waals surface area contributed by atoms with Crippen LogP contribution in [0.3, 0.4) is 0 Å². The molecule has 2 aliphatic heterocycles. The molecule has 2 heterocycles. The second kappa shape index (κ2) is 9.99. The molecule has 4 atom stereocenters. The molecule has 0 saturated carbocycles. The maximum absolute atomic E-state index is 13.5. The lowest BCUT2D eigenvalue weighted by Gasteiger charge is -2.52. The van der Waals surface area contributed by atoms with Crippen molar-refractivity contribution in [1.29, 1.82) is 0 Å². The average Bonchev–Trinajstić information content (AvgIpc) is 3.17. The van der Waals surface area contributed by atoms with Gasteiger partial charge in [0, 0.05) is 17.7 Å². The number of nitrogens with zero attached hydrogens (tertiary/aromatic N) is 2. The summed E-state index contributed by atoms with van der Waals surface area (Å²) in [6, 6.07) is 10.8. The first-order valence-electron chi connectivity index (χ1n) is 11.8. The Morgan fingerprint density at radius 2 is 1.97 bits per heavy atom. The van der Waals surface area contributed by atoms with Crippen LogP contribution in [0.1, 0.15) is 34.0 Å². The van der Waals surface area contributed by atoms with E-state index >= 15 is 0 Å². The number of phenols is 1. The monoisotopic (exact) mass is 509 g/mol. The summed E-state index contributed by atoms with van der Waals surface area (Å²) in [6.45, 7) is 9.39. The predicted molar refractivity (Wildman–Crippen MR) is 138 cm³/mol. The third-order valence-corrected chi connectivity index (χ3v) is 8.40. The average molecular weight is 510 g/mol. The fraction of sp³-hybridized carbons (Fsp3) is 0.370. The minimum absolute atomic E-state index is 0.00247. The molecule has 8 nitrogen and oxygen atoms in total. The minimum Gasteiger partial charge on any atom is -0.508 e. The number of phenolic OH excluding ortho intramolecular Hbond substituents is 1. The van der Waals surface area contributed by atoms with E-state index in [1.165, 1.54) is 16.7 Å². The molecular formula is C27H31N3O5S. The number of β-lactam (4-membered cyclic amide) rings is 1. The summed E-state index contributed by atoms with van der Waals surface area (Å²) in [5.74, 6) is -1.03. The summed E-state index contributed by atoms with van der Waals surface area (Å²) < 4.78 is 0. The van der Waals surface area contributed by atoms with Gasteiger partial charge in [-0.05, 0) is 50.5 Å². The van der Waals surface area contributed by atoms with Gasteiger partial charge >= 0.3 is 0 Å². The van der Waals surface area contributed by atoms with Crippen molar-refractivity contribution in [2.24, 2.45) is 0 Å². The third kappa shape index (κ3) is 4.49. The minimum atomic E-state index is -1.57. The van der Waals surface area contributed by atoms with Crippen LogP contribution in [-0.2, 0) is 16.0 Å². The first-order chi connectivity index (χ1) is 17.1. The van der Waals surface area contributed by atoms with Crippen molar-refractivity contribution in [1.82, 2.24) is 15.1 Å². The second-order valence-electron chi connectivity index (χ2n) is 9.45. The van der Waals surface area contributed by atoms with E-state index in [4.69, 9.17) is 0 Å². The molecule has 3 N–H and O–H groups in total. The molecule has 2 aromatic rings. The predicted octanol–water partition coefficient (Wildman–Crippen LogP) is 2.36. The summed E-state index contributed by atoms with van der Waals surface area (Å²) in [5, 5.41) is 24.2. The molecule has 2 aliphatic rings. The molecule has 0 bridgehead atoms. The zero-order valence-electron chi connectivity index (χ0n) is 20.6. The zero-order valence-corrected chi connectivity index (χ0v) is 21.4. The van der Waals surface area contributed by atoms with Gasteiger partial charge in [-0.2, -0.15) is 0 Å². The van der Waals surface area contributed by atoms with Crippen LogP contribution in [0.25, 0.3) is 0 Å². The fourth-order valence-electron chi connectivity index (χ4n) is 4.90. The van der Waals surface area contributed by atoms with E-state index in [9.17, 15) is 24.6 Å². The third-order valence-electron chi connectivity index (χ3n) is 6.96. The molecule has 190 valence electrons. The van der Waals surface area contributed by atoms with E-state index in [1.807, 2.05) is 37.3 Å². The number of hydrogen-bond acceptors (Lipinski definition) is 6. The lowest BCUT2D eigenvalue weighted by Crippen LogP contribution is -2.73. The number of aliphatic hydroxyl groups excluding tert-OH is 1. The van der Waals surface area contributed by atoms with E-state index in [1.54, 1.807) is 37.0 Å². The summed E-state index contributed by atoms with van der Waals surface area (Å²) in [4.78, 5) is 42.0. The lowest BCUT2D eigenvalue weighted by atomic mass is 9.93. The summed E-state index contributed by atoms with van der Waals surface area (Å²) in [6.07, 6.45) is 0.281. The quantitative estimate of drug-likeness (QED) is 0.372. The molecule has 1 unspecified atom stereocenters. The number of rotatable bonds is 8. The molecule has 2 fully saturated rings. The molecule has 0 radical (unpaired) electrons. The van der Waals surface area contributed by atoms with E-state index in [2.05, 4.69) is 11.9 Å². The summed E-state index contributed by atoms with van der Waals surface area (Å²) in [5.41, 5.74) is 2.21. The highest BCUT2D eigenvalue weighted by molar-refractivity contribution is 8.01. The molecule has 2 aromatic carbocycles. The number of thioether (sulfide) groups is 1. The molecule has 0 spiro atoms. The van der Waals surface area contributed by atoms with E-state index in [-0.39, 0.29) is 29.5 Å². The van der Waals surface area contributed by atoms with Gasteiger partial charge in [-0.15, -0.1) is 18.3 Å². The Balaban J connectivity index is 1.58. The Morgan fingerprint density at radius 1 is 1.28 bits per heavy atom. The van der Waals surface area contributed by atoms with Crippen molar-refractivity contribution >= 4 is 29.5 Å². The summed E-state index contributed by atoms with van der Waals surface area (Å²) in [7, 11) is 0. The Morgan fingerprint density at radius 3 is 2.64 bits per heavy atom. The largest absolute Gasteiger partial charge is 0.508 e. The van der Waals surface area contributed by atoms with Gasteiger partial charge in [-0.1, -0.05) is 36.4 Å². The highest BCUT2D eigenvalue weighted by Gasteiger charge is 2.65. The molecule has 0 aliphatic carbocycles. The van der Waals surface area contributed by atoms with Gasteiger partial charge < -0.3 is 25.3 Å². The molecule has 9 heteroatoms. The number of benzene rings is 2. The van der Waals surface area contributed by atoms with Crippen LogP contribution < -0.4 is 5.32 Å². The topological polar surface area (TPSA) is 110 Å². The molecule has 4 rings (SSSR count). The molecule has 3 amide bonds. The SMILES string of the molecule is C=CCN1C(=O)C2N(C(=O)[C@@H](O)[C@H](Cc3ccccc3)NC(=O)c3cc(C)cc(O)c3C)CS[C@@]21C. The number of fused-ring (bicyclic) bond motifs is 1. The van der Waals surface area contributed by atoms with E-state index in [0.29, 0.717) is 17.7 Å². The first-order valence-corrected chi connectivity index (χ1v) is 12.8. The molecule has 36 heavy (non-hydrogen) atoms. The van der Waals surface area contributed by atoms with Crippen LogP contribution in [0.2, 0.25) is 0 Å². The van der Waals surface area contributed by atoms with Gasteiger partial charge in [0.2, 0.25) is 5.91 Å². The highest BCUT2D eigenvalue weighted by atomic mass is 32.2. The number of aromatic hydroxyl groups is 1. The Kier molecular flexibility index (Phi) is 7.15. The van der Waals surface area contributed by atoms with Crippen LogP contribution in [0, 0.1) is 13.8 Å². The standard InChI is InChI=1S/C27H31N3O5S/c1-5-11-30-26(35)23-27(30,4)36-15-29(23)25(34)22(32)20(14-18-9-7-6-8-10-18)28-24(33)19-12-16(2)13-21(31)17(19)3/h5-10,12-13,20,22-23,31-32H,1,11,14-15H2,2-4H3,(H,28,33)/t20-,22-,23?,27-/m0/s1. The van der Waals surface area contributed by atoms with Crippen molar-refractivity contribution in [2.75, 3.05) is 12.4 Å². The van der Waals surface area contributed by atoms with E-state index < -0.39 is 34.9 Å². The number of aliphatic hydroxyl groups is 1. The highest BCUT2D eigenvalue weighted by Crippen LogP contribution is 2.50. The Bertz CT molecular complexity index is 1200. The number of hydrogen-bond donors (Lipinski definition) is 3. The smallest absolute Gasteiger partial charge is 0.255 e. The van der Waals surface area contributed by atoms with Crippen molar-refractivity contribution in [3.05, 3.63) is 77.4 Å². The summed E-state index contributed by atoms with van der Waals surface area (Å²) >= 11 is 1.47. The first kappa shape index (κ1) is 25.8. The maximum atomic E-state index is 13.5. The van der Waals surface area contributed by atoms with Crippen molar-refractivity contribution in [2.45, 2.75) is 50.3 Å². The van der Waals surface area contributed by atoms with Gasteiger partial charge in [-0.3, -0.25) is 14.4 Å². The van der Waals surface area contributed by atoms with Gasteiger partial charge in [0.15, 0.2) is 6.10 Å². The van der Waals surface area contributed by atoms with E-state index in [0.717, 1.165) is 5.56 Å². The van der Waals surface area contributed by atoms with Crippen molar-refractivity contribution in [3.8, 4) is 5.75 Å². The normalized spacial score (nSPS) is 22.4. The number of aryl methyl sites for hydroxylation is 1. The van der Waals surface area contributed by atoms with Gasteiger partial charge in [0.1, 0.15) is 16.7 Å². The molecular weight excluding hydrogens is 478 g/mol.